The molecule has 1 rings (SSSR count). The smallest absolute Gasteiger partial charge is 0.323 e. The Morgan fingerprint density at radius 2 is 1.95 bits per heavy atom. The van der Waals surface area contributed by atoms with Crippen LogP contribution in [0.3, 0.4) is 0 Å². The van der Waals surface area contributed by atoms with Gasteiger partial charge in [-0.25, -0.2) is 4.79 Å². The van der Waals surface area contributed by atoms with Crippen LogP contribution in [0.15, 0.2) is 30.3 Å². The summed E-state index contributed by atoms with van der Waals surface area (Å²) in [6.45, 7) is 0.613. The maximum Gasteiger partial charge on any atom is 0.323 e. The minimum Gasteiger partial charge on any atom is -0.460 e. The molecule has 19 heavy (non-hydrogen) atoms. The molecule has 0 saturated carbocycles. The van der Waals surface area contributed by atoms with Crippen LogP contribution >= 0.6 is 0 Å². The number of nitrogens with one attached hydrogen (secondary N) is 1. The van der Waals surface area contributed by atoms with E-state index in [1.165, 1.54) is 0 Å². The van der Waals surface area contributed by atoms with Crippen LogP contribution in [0.2, 0.25) is 0 Å². The summed E-state index contributed by atoms with van der Waals surface area (Å²) >= 11 is 0. The lowest BCUT2D eigenvalue weighted by Crippen LogP contribution is -2.34. The predicted molar refractivity (Wildman–Crippen MR) is 71.0 cm³/mol. The van der Waals surface area contributed by atoms with E-state index in [1.807, 2.05) is 30.3 Å². The molecule has 6 nitrogen and oxygen atoms in total. The molecule has 0 aliphatic carbocycles. The third-order valence-electron chi connectivity index (χ3n) is 2.52. The van der Waals surface area contributed by atoms with Crippen molar-refractivity contribution in [3.05, 3.63) is 35.9 Å². The summed E-state index contributed by atoms with van der Waals surface area (Å²) in [4.78, 5) is 22.0. The van der Waals surface area contributed by atoms with Gasteiger partial charge in [0.05, 0.1) is 0 Å². The van der Waals surface area contributed by atoms with Crippen molar-refractivity contribution in [2.24, 2.45) is 11.5 Å². The molecule has 0 aliphatic rings. The van der Waals surface area contributed by atoms with Gasteiger partial charge in [0.25, 0.3) is 0 Å². The number of carbonyl (C=O) groups excluding carboxylic acids is 2. The lowest BCUT2D eigenvalue weighted by atomic mass is 10.1. The number of benzene rings is 1. The lowest BCUT2D eigenvalue weighted by molar-refractivity contribution is -0.146. The zero-order chi connectivity index (χ0) is 14.1. The Labute approximate surface area is 112 Å². The molecule has 1 atom stereocenters. The van der Waals surface area contributed by atoms with E-state index in [0.29, 0.717) is 19.4 Å². The number of hydrogen-bond acceptors (Lipinski definition) is 4. The summed E-state index contributed by atoms with van der Waals surface area (Å²) in [6.07, 6.45) is 1.01. The Balaban J connectivity index is 2.20. The van der Waals surface area contributed by atoms with Crippen molar-refractivity contribution in [2.75, 3.05) is 6.54 Å². The molecule has 2 amide bonds. The van der Waals surface area contributed by atoms with Crippen LogP contribution in [-0.2, 0) is 16.1 Å². The average Bonchev–Trinajstić information content (AvgIpc) is 2.41. The van der Waals surface area contributed by atoms with E-state index in [9.17, 15) is 9.59 Å². The molecule has 0 aliphatic heterocycles. The van der Waals surface area contributed by atoms with Gasteiger partial charge in [0, 0.05) is 6.54 Å². The largest absolute Gasteiger partial charge is 0.460 e. The van der Waals surface area contributed by atoms with Gasteiger partial charge in [-0.1, -0.05) is 30.3 Å². The molecular weight excluding hydrogens is 246 g/mol. The first-order chi connectivity index (χ1) is 9.09. The van der Waals surface area contributed by atoms with Crippen molar-refractivity contribution in [1.82, 2.24) is 5.32 Å². The molecule has 0 bridgehead atoms. The van der Waals surface area contributed by atoms with Crippen molar-refractivity contribution in [3.8, 4) is 0 Å². The van der Waals surface area contributed by atoms with E-state index >= 15 is 0 Å². The fourth-order valence-electron chi connectivity index (χ4n) is 1.49. The summed E-state index contributed by atoms with van der Waals surface area (Å²) in [5, 5.41) is 2.43. The highest BCUT2D eigenvalue weighted by atomic mass is 16.5. The topological polar surface area (TPSA) is 107 Å². The SMILES string of the molecule is NC(=O)NCCCC(N)C(=O)OCc1ccccc1. The summed E-state index contributed by atoms with van der Waals surface area (Å²) in [6, 6.07) is 8.11. The number of esters is 1. The Morgan fingerprint density at radius 3 is 2.58 bits per heavy atom. The Bertz CT molecular complexity index is 409. The van der Waals surface area contributed by atoms with E-state index in [1.54, 1.807) is 0 Å². The number of nitrogens with two attached hydrogens (primary N) is 2. The van der Waals surface area contributed by atoms with Gasteiger partial charge in [-0.15, -0.1) is 0 Å². The summed E-state index contributed by atoms with van der Waals surface area (Å²) in [5.74, 6) is -0.442. The van der Waals surface area contributed by atoms with Crippen molar-refractivity contribution in [3.63, 3.8) is 0 Å². The summed E-state index contributed by atoms with van der Waals surface area (Å²) in [7, 11) is 0. The highest BCUT2D eigenvalue weighted by molar-refractivity contribution is 5.75. The fourth-order valence-corrected chi connectivity index (χ4v) is 1.49. The van der Waals surface area contributed by atoms with E-state index in [-0.39, 0.29) is 6.61 Å². The maximum absolute atomic E-state index is 11.6. The van der Waals surface area contributed by atoms with Gasteiger partial charge in [-0.3, -0.25) is 4.79 Å². The summed E-state index contributed by atoms with van der Waals surface area (Å²) in [5.41, 5.74) is 11.5. The zero-order valence-corrected chi connectivity index (χ0v) is 10.7. The first kappa shape index (κ1) is 15.0. The first-order valence-corrected chi connectivity index (χ1v) is 6.09. The molecule has 0 saturated heterocycles. The second-order valence-electron chi connectivity index (χ2n) is 4.13. The van der Waals surface area contributed by atoms with Gasteiger partial charge in [-0.05, 0) is 18.4 Å². The quantitative estimate of drug-likeness (QED) is 0.493. The van der Waals surface area contributed by atoms with Crippen molar-refractivity contribution < 1.29 is 14.3 Å². The van der Waals surface area contributed by atoms with Crippen LogP contribution in [0.5, 0.6) is 0 Å². The molecule has 0 aromatic heterocycles. The Morgan fingerprint density at radius 1 is 1.26 bits per heavy atom. The van der Waals surface area contributed by atoms with Crippen LogP contribution in [-0.4, -0.2) is 24.6 Å². The monoisotopic (exact) mass is 265 g/mol. The molecule has 0 heterocycles. The van der Waals surface area contributed by atoms with Crippen LogP contribution in [0.25, 0.3) is 0 Å². The van der Waals surface area contributed by atoms with Gasteiger partial charge in [0.2, 0.25) is 0 Å². The predicted octanol–water partition coefficient (Wildman–Crippen LogP) is 0.506. The summed E-state index contributed by atoms with van der Waals surface area (Å²) < 4.78 is 5.09. The van der Waals surface area contributed by atoms with E-state index in [2.05, 4.69) is 5.32 Å². The third-order valence-corrected chi connectivity index (χ3v) is 2.52. The van der Waals surface area contributed by atoms with Crippen LogP contribution in [0.4, 0.5) is 4.79 Å². The first-order valence-electron chi connectivity index (χ1n) is 6.09. The fraction of sp³-hybridized carbons (Fsp3) is 0.385. The molecule has 1 aromatic carbocycles. The van der Waals surface area contributed by atoms with E-state index in [4.69, 9.17) is 16.2 Å². The second kappa shape index (κ2) is 8.10. The molecule has 1 aromatic rings. The minimum absolute atomic E-state index is 0.215. The van der Waals surface area contributed by atoms with E-state index < -0.39 is 18.0 Å². The van der Waals surface area contributed by atoms with Gasteiger partial charge < -0.3 is 21.5 Å². The lowest BCUT2D eigenvalue weighted by Gasteiger charge is -2.11. The van der Waals surface area contributed by atoms with Crippen molar-refractivity contribution in [1.29, 1.82) is 0 Å². The molecule has 1 unspecified atom stereocenters. The molecular formula is C13H19N3O3. The molecule has 0 spiro atoms. The third kappa shape index (κ3) is 6.42. The van der Waals surface area contributed by atoms with Crippen molar-refractivity contribution in [2.45, 2.75) is 25.5 Å². The molecule has 0 radical (unpaired) electrons. The zero-order valence-electron chi connectivity index (χ0n) is 10.7. The molecule has 104 valence electrons. The average molecular weight is 265 g/mol. The molecule has 0 fully saturated rings. The number of carbonyl (C=O) groups is 2. The van der Waals surface area contributed by atoms with Crippen LogP contribution in [0, 0.1) is 0 Å². The number of ether oxygens (including phenoxy) is 1. The van der Waals surface area contributed by atoms with Gasteiger partial charge in [0.15, 0.2) is 0 Å². The standard InChI is InChI=1S/C13H19N3O3/c14-11(7-4-8-16-13(15)18)12(17)19-9-10-5-2-1-3-6-10/h1-3,5-6,11H,4,7-9,14H2,(H3,15,16,18). The Hall–Kier alpha value is -2.08. The molecule has 5 N–H and O–H groups in total. The minimum atomic E-state index is -0.682. The maximum atomic E-state index is 11.6. The number of hydrogen-bond donors (Lipinski definition) is 3. The highest BCUT2D eigenvalue weighted by Crippen LogP contribution is 2.03. The van der Waals surface area contributed by atoms with Crippen LogP contribution < -0.4 is 16.8 Å². The van der Waals surface area contributed by atoms with Gasteiger partial charge in [-0.2, -0.15) is 0 Å². The second-order valence-corrected chi connectivity index (χ2v) is 4.13. The van der Waals surface area contributed by atoms with Gasteiger partial charge in [0.1, 0.15) is 12.6 Å². The number of primary amides is 1. The molecule has 6 heteroatoms. The van der Waals surface area contributed by atoms with Gasteiger partial charge >= 0.3 is 12.0 Å². The Kier molecular flexibility index (Phi) is 6.38. The highest BCUT2D eigenvalue weighted by Gasteiger charge is 2.14. The van der Waals surface area contributed by atoms with E-state index in [0.717, 1.165) is 5.56 Å². The normalized spacial score (nSPS) is 11.6. The number of urea groups is 1. The number of amides is 2. The number of rotatable bonds is 7. The van der Waals surface area contributed by atoms with Crippen LogP contribution in [0.1, 0.15) is 18.4 Å². The van der Waals surface area contributed by atoms with Crippen molar-refractivity contribution >= 4 is 12.0 Å².